The van der Waals surface area contributed by atoms with E-state index in [2.05, 4.69) is 39.8 Å². The maximum atomic E-state index is 11.5. The van der Waals surface area contributed by atoms with Crippen molar-refractivity contribution in [3.63, 3.8) is 0 Å². The Balaban J connectivity index is 2.63. The van der Waals surface area contributed by atoms with E-state index in [9.17, 15) is 15.0 Å². The molecule has 0 spiro atoms. The summed E-state index contributed by atoms with van der Waals surface area (Å²) >= 11 is 0. The Bertz CT molecular complexity index is 717. The molecule has 1 rings (SSSR count). The maximum absolute atomic E-state index is 11.5. The van der Waals surface area contributed by atoms with Gasteiger partial charge in [0.15, 0.2) is 5.78 Å². The van der Waals surface area contributed by atoms with Crippen LogP contribution in [0.4, 0.5) is 0 Å². The first kappa shape index (κ1) is 21.8. The Hall–Kier alpha value is -2.29. The number of carbonyl (C=O) groups excluding carboxylic acids is 1. The van der Waals surface area contributed by atoms with Crippen molar-refractivity contribution in [2.75, 3.05) is 0 Å². The molecule has 0 saturated heterocycles. The van der Waals surface area contributed by atoms with Gasteiger partial charge in [-0.3, -0.25) is 4.79 Å². The molecule has 0 aromatic heterocycles. The van der Waals surface area contributed by atoms with Crippen LogP contribution >= 0.6 is 0 Å². The number of carbonyl (C=O) groups is 1. The Morgan fingerprint density at radius 1 is 0.885 bits per heavy atom. The van der Waals surface area contributed by atoms with Gasteiger partial charge in [0.05, 0.1) is 5.56 Å². The highest BCUT2D eigenvalue weighted by Gasteiger charge is 2.14. The van der Waals surface area contributed by atoms with Crippen LogP contribution < -0.4 is 0 Å². The zero-order valence-corrected chi connectivity index (χ0v) is 16.7. The lowest BCUT2D eigenvalue weighted by Gasteiger charge is -2.09. The third kappa shape index (κ3) is 7.30. The average Bonchev–Trinajstić information content (AvgIpc) is 2.53. The SMILES string of the molecule is CC(=O)c1ccc(O)c(C/C=C(\C)CC/C=C(\C)CCC=C(C)C)c1O. The summed E-state index contributed by atoms with van der Waals surface area (Å²) in [6.45, 7) is 9.86. The van der Waals surface area contributed by atoms with Crippen LogP contribution in [0.25, 0.3) is 0 Å². The quantitative estimate of drug-likeness (QED) is 0.405. The van der Waals surface area contributed by atoms with E-state index in [1.807, 2.05) is 6.08 Å². The Labute approximate surface area is 157 Å². The predicted octanol–water partition coefficient (Wildman–Crippen LogP) is 6.26. The number of aromatic hydroxyl groups is 2. The van der Waals surface area contributed by atoms with Gasteiger partial charge in [-0.15, -0.1) is 0 Å². The van der Waals surface area contributed by atoms with Gasteiger partial charge in [0.2, 0.25) is 0 Å². The summed E-state index contributed by atoms with van der Waals surface area (Å²) in [5.41, 5.74) is 4.62. The van der Waals surface area contributed by atoms with Gasteiger partial charge in [0.25, 0.3) is 0 Å². The largest absolute Gasteiger partial charge is 0.508 e. The predicted molar refractivity (Wildman–Crippen MR) is 109 cm³/mol. The molecule has 26 heavy (non-hydrogen) atoms. The third-order valence-corrected chi connectivity index (χ3v) is 4.41. The maximum Gasteiger partial charge on any atom is 0.163 e. The lowest BCUT2D eigenvalue weighted by Crippen LogP contribution is -1.96. The van der Waals surface area contributed by atoms with Crippen molar-refractivity contribution in [2.45, 2.75) is 66.7 Å². The second-order valence-electron chi connectivity index (χ2n) is 7.18. The van der Waals surface area contributed by atoms with Crippen molar-refractivity contribution < 1.29 is 15.0 Å². The molecule has 3 nitrogen and oxygen atoms in total. The van der Waals surface area contributed by atoms with Gasteiger partial charge in [-0.25, -0.2) is 0 Å². The van der Waals surface area contributed by atoms with Gasteiger partial charge < -0.3 is 10.2 Å². The molecule has 1 aromatic rings. The standard InChI is InChI=1S/C23H32O3/c1-16(2)8-6-9-17(3)10-7-11-18(4)12-13-21-22(25)15-14-20(19(5)24)23(21)26/h8,10,12,14-15,25-26H,6-7,9,11,13H2,1-5H3/b17-10+,18-12+. The number of rotatable bonds is 9. The molecule has 0 fully saturated rings. The number of phenolic OH excluding ortho intramolecular Hbond substituents is 2. The fraction of sp³-hybridized carbons (Fsp3) is 0.435. The first-order valence-electron chi connectivity index (χ1n) is 9.21. The topological polar surface area (TPSA) is 57.5 Å². The molecule has 2 N–H and O–H groups in total. The molecule has 0 atom stereocenters. The fourth-order valence-corrected chi connectivity index (χ4v) is 2.73. The molecular formula is C23H32O3. The van der Waals surface area contributed by atoms with E-state index in [1.54, 1.807) is 0 Å². The van der Waals surface area contributed by atoms with Crippen LogP contribution in [-0.2, 0) is 6.42 Å². The van der Waals surface area contributed by atoms with Gasteiger partial charge in [0.1, 0.15) is 11.5 Å². The summed E-state index contributed by atoms with van der Waals surface area (Å²) in [5.74, 6) is -0.304. The molecule has 142 valence electrons. The smallest absolute Gasteiger partial charge is 0.163 e. The highest BCUT2D eigenvalue weighted by molar-refractivity contribution is 5.97. The second kappa shape index (κ2) is 10.6. The van der Waals surface area contributed by atoms with Gasteiger partial charge >= 0.3 is 0 Å². The third-order valence-electron chi connectivity index (χ3n) is 4.41. The minimum Gasteiger partial charge on any atom is -0.508 e. The highest BCUT2D eigenvalue weighted by Crippen LogP contribution is 2.31. The molecular weight excluding hydrogens is 324 g/mol. The number of Topliss-reactive ketones (excluding diaryl/α,β-unsaturated/α-hetero) is 1. The lowest BCUT2D eigenvalue weighted by molar-refractivity contribution is 0.101. The first-order valence-corrected chi connectivity index (χ1v) is 9.21. The summed E-state index contributed by atoms with van der Waals surface area (Å²) in [4.78, 5) is 11.5. The van der Waals surface area contributed by atoms with Crippen molar-refractivity contribution in [1.82, 2.24) is 0 Å². The van der Waals surface area contributed by atoms with Gasteiger partial charge in [0, 0.05) is 5.56 Å². The summed E-state index contributed by atoms with van der Waals surface area (Å²) in [7, 11) is 0. The minimum atomic E-state index is -0.210. The van der Waals surface area contributed by atoms with E-state index in [1.165, 1.54) is 35.8 Å². The van der Waals surface area contributed by atoms with Crippen LogP contribution in [-0.4, -0.2) is 16.0 Å². The fourth-order valence-electron chi connectivity index (χ4n) is 2.73. The van der Waals surface area contributed by atoms with Crippen LogP contribution in [0, 0.1) is 0 Å². The van der Waals surface area contributed by atoms with Gasteiger partial charge in [-0.05, 0) is 78.9 Å². The lowest BCUT2D eigenvalue weighted by atomic mass is 10.0. The summed E-state index contributed by atoms with van der Waals surface area (Å²) < 4.78 is 0. The normalized spacial score (nSPS) is 12.2. The summed E-state index contributed by atoms with van der Waals surface area (Å²) in [6, 6.07) is 2.92. The zero-order chi connectivity index (χ0) is 19.7. The van der Waals surface area contributed by atoms with Crippen LogP contribution in [0.1, 0.15) is 76.2 Å². The van der Waals surface area contributed by atoms with Crippen LogP contribution in [0.5, 0.6) is 11.5 Å². The Morgan fingerprint density at radius 3 is 2.04 bits per heavy atom. The molecule has 0 saturated carbocycles. The van der Waals surface area contributed by atoms with E-state index in [4.69, 9.17) is 0 Å². The molecule has 0 aliphatic rings. The molecule has 0 unspecified atom stereocenters. The molecule has 0 bridgehead atoms. The minimum absolute atomic E-state index is 0.0200. The van der Waals surface area contributed by atoms with Crippen molar-refractivity contribution in [2.24, 2.45) is 0 Å². The first-order chi connectivity index (χ1) is 12.2. The molecule has 0 aliphatic heterocycles. The van der Waals surface area contributed by atoms with Crippen LogP contribution in [0.15, 0.2) is 47.1 Å². The van der Waals surface area contributed by atoms with Crippen molar-refractivity contribution in [3.8, 4) is 11.5 Å². The van der Waals surface area contributed by atoms with E-state index >= 15 is 0 Å². The molecule has 0 aliphatic carbocycles. The number of phenols is 2. The van der Waals surface area contributed by atoms with E-state index in [0.717, 1.165) is 25.7 Å². The second-order valence-corrected chi connectivity index (χ2v) is 7.18. The summed E-state index contributed by atoms with van der Waals surface area (Å²) in [6.07, 6.45) is 11.1. The van der Waals surface area contributed by atoms with Crippen LogP contribution in [0.3, 0.4) is 0 Å². The number of ketones is 1. The van der Waals surface area contributed by atoms with Crippen molar-refractivity contribution in [1.29, 1.82) is 0 Å². The van der Waals surface area contributed by atoms with E-state index in [-0.39, 0.29) is 22.8 Å². The zero-order valence-electron chi connectivity index (χ0n) is 16.7. The monoisotopic (exact) mass is 356 g/mol. The molecule has 0 amide bonds. The highest BCUT2D eigenvalue weighted by atomic mass is 16.3. The van der Waals surface area contributed by atoms with Crippen molar-refractivity contribution in [3.05, 3.63) is 58.2 Å². The molecule has 1 aromatic carbocycles. The van der Waals surface area contributed by atoms with Gasteiger partial charge in [-0.2, -0.15) is 0 Å². The van der Waals surface area contributed by atoms with Gasteiger partial charge in [-0.1, -0.05) is 34.9 Å². The summed E-state index contributed by atoms with van der Waals surface area (Å²) in [5, 5.41) is 20.2. The van der Waals surface area contributed by atoms with Crippen molar-refractivity contribution >= 4 is 5.78 Å². The number of hydrogen-bond donors (Lipinski definition) is 2. The molecule has 0 heterocycles. The number of allylic oxidation sites excluding steroid dienone is 6. The average molecular weight is 357 g/mol. The Kier molecular flexibility index (Phi) is 8.91. The van der Waals surface area contributed by atoms with Crippen LogP contribution in [0.2, 0.25) is 0 Å². The number of hydrogen-bond acceptors (Lipinski definition) is 3. The molecule has 0 radical (unpaired) electrons. The number of benzene rings is 1. The van der Waals surface area contributed by atoms with E-state index < -0.39 is 0 Å². The Morgan fingerprint density at radius 2 is 1.46 bits per heavy atom. The van der Waals surface area contributed by atoms with E-state index in [0.29, 0.717) is 12.0 Å². The molecule has 3 heteroatoms.